The number of hydrogen-bond donors (Lipinski definition) is 1. The van der Waals surface area contributed by atoms with Gasteiger partial charge >= 0.3 is 0 Å². The molecule has 20 heavy (non-hydrogen) atoms. The molecular formula is C16H18BrNO2. The zero-order valence-corrected chi connectivity index (χ0v) is 13.1. The maximum atomic E-state index is 6.04. The van der Waals surface area contributed by atoms with Gasteiger partial charge < -0.3 is 14.5 Å². The molecule has 0 fully saturated rings. The van der Waals surface area contributed by atoms with Crippen molar-refractivity contribution in [3.8, 4) is 0 Å². The lowest BCUT2D eigenvalue weighted by atomic mass is 10.1. The Morgan fingerprint density at radius 1 is 1.40 bits per heavy atom. The summed E-state index contributed by atoms with van der Waals surface area (Å²) in [5.74, 6) is 1.88. The smallest absolute Gasteiger partial charge is 0.148 e. The molecule has 0 saturated heterocycles. The summed E-state index contributed by atoms with van der Waals surface area (Å²) in [5.41, 5.74) is 0.891. The van der Waals surface area contributed by atoms with Crippen molar-refractivity contribution in [1.82, 2.24) is 5.32 Å². The lowest BCUT2D eigenvalue weighted by Gasteiger charge is -2.22. The molecule has 1 N–H and O–H groups in total. The van der Waals surface area contributed by atoms with Crippen LogP contribution in [0, 0.1) is 0 Å². The third kappa shape index (κ3) is 2.63. The summed E-state index contributed by atoms with van der Waals surface area (Å²) in [6.07, 6.45) is 4.33. The highest BCUT2D eigenvalue weighted by molar-refractivity contribution is 9.10. The van der Waals surface area contributed by atoms with Gasteiger partial charge in [-0.15, -0.1) is 0 Å². The zero-order chi connectivity index (χ0) is 13.9. The van der Waals surface area contributed by atoms with E-state index in [9.17, 15) is 0 Å². The molecule has 0 spiro atoms. The van der Waals surface area contributed by atoms with E-state index in [2.05, 4.69) is 46.4 Å². The fourth-order valence-corrected chi connectivity index (χ4v) is 2.98. The van der Waals surface area contributed by atoms with Crippen molar-refractivity contribution in [3.05, 3.63) is 46.3 Å². The van der Waals surface area contributed by atoms with Crippen LogP contribution in [0.3, 0.4) is 0 Å². The summed E-state index contributed by atoms with van der Waals surface area (Å²) < 4.78 is 12.8. The van der Waals surface area contributed by atoms with Crippen molar-refractivity contribution in [1.29, 1.82) is 0 Å². The molecule has 2 heterocycles. The number of likely N-dealkylation sites (N-methyl/N-ethyl adjacent to an activating group) is 1. The van der Waals surface area contributed by atoms with Crippen molar-refractivity contribution in [2.45, 2.75) is 25.8 Å². The summed E-state index contributed by atoms with van der Waals surface area (Å²) in [4.78, 5) is 0. The molecule has 1 aromatic carbocycles. The molecule has 106 valence electrons. The average molecular weight is 336 g/mol. The Balaban J connectivity index is 2.00. The van der Waals surface area contributed by atoms with Crippen LogP contribution in [0.2, 0.25) is 0 Å². The molecule has 1 aliphatic heterocycles. The van der Waals surface area contributed by atoms with E-state index in [0.29, 0.717) is 0 Å². The van der Waals surface area contributed by atoms with Crippen LogP contribution in [0.5, 0.6) is 0 Å². The standard InChI is InChI=1S/C16H18BrNO2/c1-2-18-15(13-8-3-4-9-19-13)14-10-11-6-5-7-12(17)16(11)20-14/h5-8,10,15,18H,2-4,9H2,1H3. The molecule has 1 unspecified atom stereocenters. The number of furan rings is 1. The molecule has 1 aliphatic rings. The van der Waals surface area contributed by atoms with E-state index in [-0.39, 0.29) is 6.04 Å². The van der Waals surface area contributed by atoms with E-state index < -0.39 is 0 Å². The van der Waals surface area contributed by atoms with Crippen LogP contribution in [0.25, 0.3) is 11.0 Å². The van der Waals surface area contributed by atoms with Crippen LogP contribution in [0.15, 0.2) is 45.0 Å². The molecule has 1 atom stereocenters. The number of nitrogens with one attached hydrogen (secondary N) is 1. The number of halogens is 1. The van der Waals surface area contributed by atoms with E-state index in [1.54, 1.807) is 0 Å². The maximum Gasteiger partial charge on any atom is 0.148 e. The Labute approximate surface area is 127 Å². The highest BCUT2D eigenvalue weighted by Crippen LogP contribution is 2.33. The molecule has 0 radical (unpaired) electrons. The maximum absolute atomic E-state index is 6.04. The highest BCUT2D eigenvalue weighted by atomic mass is 79.9. The number of fused-ring (bicyclic) bond motifs is 1. The Morgan fingerprint density at radius 3 is 3.00 bits per heavy atom. The minimum absolute atomic E-state index is 0.000370. The van der Waals surface area contributed by atoms with E-state index in [1.165, 1.54) is 0 Å². The van der Waals surface area contributed by atoms with Crippen LogP contribution in [-0.2, 0) is 4.74 Å². The van der Waals surface area contributed by atoms with Crippen LogP contribution in [-0.4, -0.2) is 13.2 Å². The summed E-state index contributed by atoms with van der Waals surface area (Å²) in [6.45, 7) is 3.75. The summed E-state index contributed by atoms with van der Waals surface area (Å²) in [6, 6.07) is 8.16. The first-order valence-corrected chi connectivity index (χ1v) is 7.83. The predicted molar refractivity (Wildman–Crippen MR) is 83.6 cm³/mol. The van der Waals surface area contributed by atoms with E-state index in [4.69, 9.17) is 9.15 Å². The molecule has 2 aromatic rings. The molecule has 0 aliphatic carbocycles. The highest BCUT2D eigenvalue weighted by Gasteiger charge is 2.23. The summed E-state index contributed by atoms with van der Waals surface area (Å²) in [5, 5.41) is 4.55. The summed E-state index contributed by atoms with van der Waals surface area (Å²) >= 11 is 3.53. The quantitative estimate of drug-likeness (QED) is 0.890. The van der Waals surface area contributed by atoms with Crippen molar-refractivity contribution in [3.63, 3.8) is 0 Å². The topological polar surface area (TPSA) is 34.4 Å². The normalized spacial score (nSPS) is 16.8. The molecule has 0 saturated carbocycles. The van der Waals surface area contributed by atoms with Gasteiger partial charge in [0.05, 0.1) is 11.1 Å². The van der Waals surface area contributed by atoms with Gasteiger partial charge in [-0.05, 0) is 53.5 Å². The van der Waals surface area contributed by atoms with Gasteiger partial charge in [-0.25, -0.2) is 0 Å². The van der Waals surface area contributed by atoms with Gasteiger partial charge in [0.15, 0.2) is 0 Å². The van der Waals surface area contributed by atoms with Gasteiger partial charge in [0.25, 0.3) is 0 Å². The molecule has 3 nitrogen and oxygen atoms in total. The SMILES string of the molecule is CCNC(C1=CCCCO1)c1cc2cccc(Br)c2o1. The van der Waals surface area contributed by atoms with Gasteiger partial charge in [-0.2, -0.15) is 0 Å². The molecule has 0 amide bonds. The molecule has 3 rings (SSSR count). The Morgan fingerprint density at radius 2 is 2.30 bits per heavy atom. The third-order valence-electron chi connectivity index (χ3n) is 3.46. The summed E-state index contributed by atoms with van der Waals surface area (Å²) in [7, 11) is 0. The minimum Gasteiger partial charge on any atom is -0.496 e. The molecular weight excluding hydrogens is 318 g/mol. The van der Waals surface area contributed by atoms with Gasteiger partial charge in [0.1, 0.15) is 23.1 Å². The van der Waals surface area contributed by atoms with Crippen LogP contribution in [0.4, 0.5) is 0 Å². The monoisotopic (exact) mass is 335 g/mol. The van der Waals surface area contributed by atoms with Gasteiger partial charge in [0, 0.05) is 5.39 Å². The zero-order valence-electron chi connectivity index (χ0n) is 11.5. The van der Waals surface area contributed by atoms with Crippen LogP contribution in [0.1, 0.15) is 31.6 Å². The second-order valence-corrected chi connectivity index (χ2v) is 5.75. The number of allylic oxidation sites excluding steroid dienone is 1. The average Bonchev–Trinajstić information content (AvgIpc) is 2.91. The first kappa shape index (κ1) is 13.7. The van der Waals surface area contributed by atoms with Gasteiger partial charge in [0.2, 0.25) is 0 Å². The molecule has 1 aromatic heterocycles. The Kier molecular flexibility index (Phi) is 4.13. The number of rotatable bonds is 4. The van der Waals surface area contributed by atoms with E-state index in [0.717, 1.165) is 53.0 Å². The lowest BCUT2D eigenvalue weighted by Crippen LogP contribution is -2.24. The minimum atomic E-state index is -0.000370. The lowest BCUT2D eigenvalue weighted by molar-refractivity contribution is 0.163. The third-order valence-corrected chi connectivity index (χ3v) is 4.08. The van der Waals surface area contributed by atoms with Crippen molar-refractivity contribution >= 4 is 26.9 Å². The number of para-hydroxylation sites is 1. The number of benzene rings is 1. The van der Waals surface area contributed by atoms with Crippen molar-refractivity contribution in [2.75, 3.05) is 13.2 Å². The van der Waals surface area contributed by atoms with E-state index in [1.807, 2.05) is 12.1 Å². The fraction of sp³-hybridized carbons (Fsp3) is 0.375. The van der Waals surface area contributed by atoms with Crippen LogP contribution >= 0.6 is 15.9 Å². The van der Waals surface area contributed by atoms with Gasteiger partial charge in [-0.1, -0.05) is 19.1 Å². The van der Waals surface area contributed by atoms with E-state index >= 15 is 0 Å². The number of ether oxygens (including phenoxy) is 1. The Hall–Kier alpha value is -1.26. The second-order valence-electron chi connectivity index (χ2n) is 4.89. The van der Waals surface area contributed by atoms with Gasteiger partial charge in [-0.3, -0.25) is 0 Å². The second kappa shape index (κ2) is 6.02. The first-order chi connectivity index (χ1) is 9.79. The fourth-order valence-electron chi connectivity index (χ4n) is 2.51. The van der Waals surface area contributed by atoms with Crippen molar-refractivity contribution < 1.29 is 9.15 Å². The number of hydrogen-bond acceptors (Lipinski definition) is 3. The van der Waals surface area contributed by atoms with Crippen molar-refractivity contribution in [2.24, 2.45) is 0 Å². The largest absolute Gasteiger partial charge is 0.496 e. The molecule has 4 heteroatoms. The molecule has 0 bridgehead atoms. The predicted octanol–water partition coefficient (Wildman–Crippen LogP) is 4.54. The van der Waals surface area contributed by atoms with Crippen LogP contribution < -0.4 is 5.32 Å². The Bertz CT molecular complexity index is 632. The first-order valence-electron chi connectivity index (χ1n) is 7.04.